The van der Waals surface area contributed by atoms with Crippen LogP contribution in [0.2, 0.25) is 0 Å². The third-order valence-electron chi connectivity index (χ3n) is 6.03. The maximum absolute atomic E-state index is 12.3. The van der Waals surface area contributed by atoms with Crippen molar-refractivity contribution >= 4 is 11.8 Å². The Labute approximate surface area is 173 Å². The number of likely N-dealkylation sites (tertiary alicyclic amines) is 1. The monoisotopic (exact) mass is 394 g/mol. The van der Waals surface area contributed by atoms with E-state index in [4.69, 9.17) is 10.00 Å². The van der Waals surface area contributed by atoms with Crippen LogP contribution in [0.4, 0.5) is 10.5 Å². The first-order valence-corrected chi connectivity index (χ1v) is 10.4. The summed E-state index contributed by atoms with van der Waals surface area (Å²) < 4.78 is 5.26. The SMILES string of the molecule is CC#CCOC(=O)N(C)C1C2CCC1CN(CCCNc1ccc(C#N)cc1)C2. The smallest absolute Gasteiger partial charge is 0.410 e. The number of amides is 1. The summed E-state index contributed by atoms with van der Waals surface area (Å²) in [6.07, 6.45) is 3.18. The first kappa shape index (κ1) is 21.0. The van der Waals surface area contributed by atoms with Crippen LogP contribution in [0.25, 0.3) is 0 Å². The minimum atomic E-state index is -0.255. The number of rotatable bonds is 7. The number of anilines is 1. The Hall–Kier alpha value is -2.70. The maximum atomic E-state index is 12.3. The van der Waals surface area contributed by atoms with Gasteiger partial charge in [-0.25, -0.2) is 4.79 Å². The van der Waals surface area contributed by atoms with E-state index in [-0.39, 0.29) is 18.7 Å². The normalized spacial score (nSPS) is 22.9. The highest BCUT2D eigenvalue weighted by molar-refractivity contribution is 5.68. The Bertz CT molecular complexity index is 776. The molecule has 1 heterocycles. The van der Waals surface area contributed by atoms with Crippen molar-refractivity contribution in [2.75, 3.05) is 45.2 Å². The zero-order valence-corrected chi connectivity index (χ0v) is 17.4. The molecule has 2 aliphatic rings. The van der Waals surface area contributed by atoms with Gasteiger partial charge in [0.15, 0.2) is 6.61 Å². The Morgan fingerprint density at radius 1 is 1.28 bits per heavy atom. The zero-order chi connectivity index (χ0) is 20.6. The minimum Gasteiger partial charge on any atom is -0.436 e. The molecule has 3 rings (SSSR count). The predicted octanol–water partition coefficient (Wildman–Crippen LogP) is 3.16. The van der Waals surface area contributed by atoms with Gasteiger partial charge in [-0.2, -0.15) is 5.26 Å². The van der Waals surface area contributed by atoms with E-state index in [0.717, 1.165) is 38.3 Å². The molecule has 1 saturated carbocycles. The van der Waals surface area contributed by atoms with Gasteiger partial charge in [-0.15, -0.1) is 5.92 Å². The van der Waals surface area contributed by atoms with Crippen LogP contribution in [-0.2, 0) is 4.74 Å². The molecule has 154 valence electrons. The van der Waals surface area contributed by atoms with Crippen molar-refractivity contribution in [3.05, 3.63) is 29.8 Å². The largest absolute Gasteiger partial charge is 0.436 e. The lowest BCUT2D eigenvalue weighted by Gasteiger charge is -2.41. The molecule has 2 fully saturated rings. The molecule has 1 N–H and O–H groups in total. The van der Waals surface area contributed by atoms with E-state index in [0.29, 0.717) is 17.4 Å². The van der Waals surface area contributed by atoms with Gasteiger partial charge in [-0.1, -0.05) is 5.92 Å². The third kappa shape index (κ3) is 5.43. The summed E-state index contributed by atoms with van der Waals surface area (Å²) in [6.45, 7) is 5.97. The number of ether oxygens (including phenoxy) is 1. The molecule has 0 aromatic heterocycles. The molecule has 1 aliphatic carbocycles. The van der Waals surface area contributed by atoms with Gasteiger partial charge in [0, 0.05) is 38.4 Å². The Kier molecular flexibility index (Phi) is 7.38. The lowest BCUT2D eigenvalue weighted by molar-refractivity contribution is 0.0481. The molecular formula is C23H30N4O2. The highest BCUT2D eigenvalue weighted by atomic mass is 16.6. The van der Waals surface area contributed by atoms with E-state index in [2.05, 4.69) is 28.1 Å². The number of piperidine rings is 1. The fourth-order valence-electron chi connectivity index (χ4n) is 4.70. The molecule has 6 heteroatoms. The number of carbonyl (C=O) groups excluding carboxylic acids is 1. The van der Waals surface area contributed by atoms with Crippen molar-refractivity contribution < 1.29 is 9.53 Å². The van der Waals surface area contributed by atoms with E-state index < -0.39 is 0 Å². The Morgan fingerprint density at radius 2 is 1.97 bits per heavy atom. The lowest BCUT2D eigenvalue weighted by atomic mass is 9.91. The van der Waals surface area contributed by atoms with Crippen LogP contribution in [0.1, 0.15) is 31.7 Å². The molecule has 1 aromatic rings. The van der Waals surface area contributed by atoms with Gasteiger partial charge in [0.1, 0.15) is 0 Å². The fraction of sp³-hybridized carbons (Fsp3) is 0.565. The second kappa shape index (κ2) is 10.2. The fourth-order valence-corrected chi connectivity index (χ4v) is 4.70. The average Bonchev–Trinajstić information content (AvgIpc) is 3.01. The second-order valence-electron chi connectivity index (χ2n) is 7.91. The zero-order valence-electron chi connectivity index (χ0n) is 17.4. The van der Waals surface area contributed by atoms with Gasteiger partial charge in [0.2, 0.25) is 0 Å². The van der Waals surface area contributed by atoms with Crippen molar-refractivity contribution in [2.24, 2.45) is 11.8 Å². The summed E-state index contributed by atoms with van der Waals surface area (Å²) in [7, 11) is 1.87. The molecule has 2 atom stereocenters. The molecular weight excluding hydrogens is 364 g/mol. The number of hydrogen-bond acceptors (Lipinski definition) is 5. The van der Waals surface area contributed by atoms with Gasteiger partial charge in [-0.05, 0) is 68.8 Å². The minimum absolute atomic E-state index is 0.167. The first-order valence-electron chi connectivity index (χ1n) is 10.4. The van der Waals surface area contributed by atoms with E-state index in [9.17, 15) is 4.79 Å². The summed E-state index contributed by atoms with van der Waals surface area (Å²) in [5.74, 6) is 6.57. The molecule has 1 amide bonds. The number of benzene rings is 1. The molecule has 2 unspecified atom stereocenters. The van der Waals surface area contributed by atoms with Crippen molar-refractivity contribution in [3.8, 4) is 17.9 Å². The number of hydrogen-bond donors (Lipinski definition) is 1. The maximum Gasteiger partial charge on any atom is 0.410 e. The number of nitrogens with one attached hydrogen (secondary N) is 1. The second-order valence-corrected chi connectivity index (χ2v) is 7.91. The summed E-state index contributed by atoms with van der Waals surface area (Å²) in [5.41, 5.74) is 1.73. The van der Waals surface area contributed by atoms with Crippen molar-refractivity contribution in [3.63, 3.8) is 0 Å². The van der Waals surface area contributed by atoms with Crippen LogP contribution in [0, 0.1) is 35.0 Å². The van der Waals surface area contributed by atoms with Crippen molar-refractivity contribution in [1.82, 2.24) is 9.80 Å². The van der Waals surface area contributed by atoms with Gasteiger partial charge in [0.05, 0.1) is 11.6 Å². The summed E-state index contributed by atoms with van der Waals surface area (Å²) in [6, 6.07) is 9.99. The number of nitrogens with zero attached hydrogens (tertiary/aromatic N) is 3. The highest BCUT2D eigenvalue weighted by Gasteiger charge is 2.45. The highest BCUT2D eigenvalue weighted by Crippen LogP contribution is 2.39. The van der Waals surface area contributed by atoms with Crippen molar-refractivity contribution in [1.29, 1.82) is 5.26 Å². The van der Waals surface area contributed by atoms with Gasteiger partial charge in [0.25, 0.3) is 0 Å². The van der Waals surface area contributed by atoms with Gasteiger partial charge in [-0.3, -0.25) is 0 Å². The van der Waals surface area contributed by atoms with Crippen LogP contribution >= 0.6 is 0 Å². The Balaban J connectivity index is 1.41. The van der Waals surface area contributed by atoms with Crippen molar-refractivity contribution in [2.45, 2.75) is 32.2 Å². The van der Waals surface area contributed by atoms with E-state index in [1.54, 1.807) is 6.92 Å². The predicted molar refractivity (Wildman–Crippen MR) is 113 cm³/mol. The molecule has 6 nitrogen and oxygen atoms in total. The summed E-state index contributed by atoms with van der Waals surface area (Å²) in [5, 5.41) is 12.3. The first-order chi connectivity index (χ1) is 14.1. The van der Waals surface area contributed by atoms with E-state index in [1.807, 2.05) is 36.2 Å². The molecule has 0 spiro atoms. The molecule has 0 radical (unpaired) electrons. The van der Waals surface area contributed by atoms with Gasteiger partial charge < -0.3 is 19.9 Å². The van der Waals surface area contributed by atoms with Gasteiger partial charge >= 0.3 is 6.09 Å². The van der Waals surface area contributed by atoms with Crippen LogP contribution in [0.5, 0.6) is 0 Å². The summed E-state index contributed by atoms with van der Waals surface area (Å²) >= 11 is 0. The molecule has 29 heavy (non-hydrogen) atoms. The van der Waals surface area contributed by atoms with Crippen LogP contribution in [0.3, 0.4) is 0 Å². The number of fused-ring (bicyclic) bond motifs is 2. The third-order valence-corrected chi connectivity index (χ3v) is 6.03. The molecule has 1 aliphatic heterocycles. The van der Waals surface area contributed by atoms with E-state index in [1.165, 1.54) is 12.8 Å². The topological polar surface area (TPSA) is 68.6 Å². The molecule has 1 aromatic carbocycles. The number of carbonyl (C=O) groups is 1. The lowest BCUT2D eigenvalue weighted by Crippen LogP contribution is -2.53. The van der Waals surface area contributed by atoms with Crippen LogP contribution < -0.4 is 5.32 Å². The Morgan fingerprint density at radius 3 is 2.59 bits per heavy atom. The quantitative estimate of drug-likeness (QED) is 0.568. The number of nitriles is 1. The van der Waals surface area contributed by atoms with Crippen LogP contribution in [-0.4, -0.2) is 61.8 Å². The standard InChI is InChI=1S/C23H30N4O2/c1-3-4-14-29-23(28)26(2)22-19-8-9-20(22)17-27(16-19)13-5-12-25-21-10-6-18(15-24)7-11-21/h6-7,10-11,19-20,22,25H,5,8-9,12-14,16-17H2,1-2H3. The van der Waals surface area contributed by atoms with Crippen LogP contribution in [0.15, 0.2) is 24.3 Å². The molecule has 1 saturated heterocycles. The van der Waals surface area contributed by atoms with E-state index >= 15 is 0 Å². The molecule has 2 bridgehead atoms. The average molecular weight is 395 g/mol. The summed E-state index contributed by atoms with van der Waals surface area (Å²) in [4.78, 5) is 16.7.